The first-order chi connectivity index (χ1) is 8.99. The Hall–Kier alpha value is -2.44. The molecule has 100 valence electrons. The van der Waals surface area contributed by atoms with Gasteiger partial charge in [-0.2, -0.15) is 0 Å². The zero-order valence-electron chi connectivity index (χ0n) is 9.91. The smallest absolute Gasteiger partial charge is 0.307 e. The molecule has 2 rings (SSSR count). The molecule has 1 aromatic carbocycles. The summed E-state index contributed by atoms with van der Waals surface area (Å²) in [4.78, 5) is 32.2. The Kier molecular flexibility index (Phi) is 3.46. The maximum Gasteiger partial charge on any atom is 0.307 e. The largest absolute Gasteiger partial charge is 0.481 e. The van der Waals surface area contributed by atoms with Gasteiger partial charge in [0.2, 0.25) is 5.91 Å². The molecule has 1 saturated carbocycles. The Morgan fingerprint density at radius 3 is 2.42 bits per heavy atom. The molecule has 0 spiro atoms. The molecule has 0 saturated heterocycles. The summed E-state index contributed by atoms with van der Waals surface area (Å²) in [6.07, 6.45) is 0.376. The van der Waals surface area contributed by atoms with E-state index in [4.69, 9.17) is 5.11 Å². The van der Waals surface area contributed by atoms with Gasteiger partial charge in [-0.05, 0) is 12.0 Å². The number of nitrogens with zero attached hydrogens (tertiary/aromatic N) is 1. The summed E-state index contributed by atoms with van der Waals surface area (Å²) in [6, 6.07) is 5.83. The normalized spacial score (nSPS) is 20.6. The van der Waals surface area contributed by atoms with E-state index < -0.39 is 22.7 Å². The molecule has 0 aliphatic heterocycles. The van der Waals surface area contributed by atoms with Crippen LogP contribution in [0.3, 0.4) is 0 Å². The highest BCUT2D eigenvalue weighted by atomic mass is 16.6. The van der Waals surface area contributed by atoms with Crippen molar-refractivity contribution in [2.24, 2.45) is 11.8 Å². The zero-order valence-corrected chi connectivity index (χ0v) is 9.91. The van der Waals surface area contributed by atoms with Crippen LogP contribution in [0, 0.1) is 22.0 Å². The van der Waals surface area contributed by atoms with E-state index in [1.54, 1.807) is 12.1 Å². The number of nitrogens with one attached hydrogen (secondary N) is 1. The summed E-state index contributed by atoms with van der Waals surface area (Å²) in [6.45, 7) is 0.236. The Morgan fingerprint density at radius 1 is 1.32 bits per heavy atom. The molecule has 0 heterocycles. The lowest BCUT2D eigenvalue weighted by Gasteiger charge is -2.04. The topological polar surface area (TPSA) is 110 Å². The van der Waals surface area contributed by atoms with Gasteiger partial charge in [-0.15, -0.1) is 0 Å². The van der Waals surface area contributed by atoms with E-state index in [9.17, 15) is 19.7 Å². The standard InChI is InChI=1S/C12H12N2O5/c15-11(9-5-10(9)12(16)17)13-6-7-1-3-8(4-2-7)14(18)19/h1-4,9-10H,5-6H2,(H,13,15)(H,16,17). The molecule has 2 unspecified atom stereocenters. The van der Waals surface area contributed by atoms with Crippen LogP contribution in [0.15, 0.2) is 24.3 Å². The molecule has 1 fully saturated rings. The molecular weight excluding hydrogens is 252 g/mol. The molecule has 1 aromatic rings. The van der Waals surface area contributed by atoms with Gasteiger partial charge >= 0.3 is 5.97 Å². The fourth-order valence-corrected chi connectivity index (χ4v) is 1.81. The third-order valence-electron chi connectivity index (χ3n) is 3.06. The number of benzene rings is 1. The Balaban J connectivity index is 1.84. The van der Waals surface area contributed by atoms with E-state index in [1.165, 1.54) is 12.1 Å². The number of non-ortho nitro benzene ring substituents is 1. The Labute approximate surface area is 108 Å². The fourth-order valence-electron chi connectivity index (χ4n) is 1.81. The average Bonchev–Trinajstić information content (AvgIpc) is 3.16. The Bertz CT molecular complexity index is 525. The van der Waals surface area contributed by atoms with Crippen LogP contribution in [0.25, 0.3) is 0 Å². The van der Waals surface area contributed by atoms with Gasteiger partial charge in [0.1, 0.15) is 0 Å². The highest BCUT2D eigenvalue weighted by Gasteiger charge is 2.48. The van der Waals surface area contributed by atoms with Crippen LogP contribution in [0.1, 0.15) is 12.0 Å². The minimum atomic E-state index is -0.949. The molecule has 7 heteroatoms. The third kappa shape index (κ3) is 3.06. The molecule has 0 aromatic heterocycles. The Morgan fingerprint density at radius 2 is 1.95 bits per heavy atom. The number of nitro benzene ring substituents is 1. The average molecular weight is 264 g/mol. The second-order valence-corrected chi connectivity index (χ2v) is 4.43. The van der Waals surface area contributed by atoms with Crippen LogP contribution in [0.2, 0.25) is 0 Å². The first-order valence-electron chi connectivity index (χ1n) is 5.73. The van der Waals surface area contributed by atoms with Gasteiger partial charge in [0.15, 0.2) is 0 Å². The van der Waals surface area contributed by atoms with Crippen molar-refractivity contribution in [3.63, 3.8) is 0 Å². The van der Waals surface area contributed by atoms with Gasteiger partial charge in [-0.1, -0.05) is 12.1 Å². The van der Waals surface area contributed by atoms with Gasteiger partial charge < -0.3 is 10.4 Å². The van der Waals surface area contributed by atoms with E-state index in [2.05, 4.69) is 5.32 Å². The minimum absolute atomic E-state index is 0.0109. The lowest BCUT2D eigenvalue weighted by molar-refractivity contribution is -0.384. The molecule has 0 bridgehead atoms. The van der Waals surface area contributed by atoms with Crippen molar-refractivity contribution in [1.82, 2.24) is 5.32 Å². The van der Waals surface area contributed by atoms with Crippen molar-refractivity contribution in [2.75, 3.05) is 0 Å². The minimum Gasteiger partial charge on any atom is -0.481 e. The van der Waals surface area contributed by atoms with Crippen molar-refractivity contribution in [3.05, 3.63) is 39.9 Å². The summed E-state index contributed by atoms with van der Waals surface area (Å²) in [7, 11) is 0. The number of aliphatic carboxylic acids is 1. The maximum absolute atomic E-state index is 11.6. The van der Waals surface area contributed by atoms with E-state index in [1.807, 2.05) is 0 Å². The number of hydrogen-bond donors (Lipinski definition) is 2. The van der Waals surface area contributed by atoms with Gasteiger partial charge in [-0.25, -0.2) is 0 Å². The van der Waals surface area contributed by atoms with Crippen LogP contribution in [-0.4, -0.2) is 21.9 Å². The molecule has 1 aliphatic rings. The van der Waals surface area contributed by atoms with Crippen molar-refractivity contribution in [2.45, 2.75) is 13.0 Å². The number of amides is 1. The molecular formula is C12H12N2O5. The van der Waals surface area contributed by atoms with Crippen LogP contribution in [0.5, 0.6) is 0 Å². The molecule has 7 nitrogen and oxygen atoms in total. The third-order valence-corrected chi connectivity index (χ3v) is 3.06. The quantitative estimate of drug-likeness (QED) is 0.607. The highest BCUT2D eigenvalue weighted by Crippen LogP contribution is 2.38. The molecule has 2 atom stereocenters. The maximum atomic E-state index is 11.6. The molecule has 1 amide bonds. The molecule has 0 radical (unpaired) electrons. The van der Waals surface area contributed by atoms with E-state index in [-0.39, 0.29) is 18.1 Å². The fraction of sp³-hybridized carbons (Fsp3) is 0.333. The molecule has 19 heavy (non-hydrogen) atoms. The number of hydrogen-bond acceptors (Lipinski definition) is 4. The van der Waals surface area contributed by atoms with E-state index in [0.717, 1.165) is 5.56 Å². The second-order valence-electron chi connectivity index (χ2n) is 4.43. The summed E-state index contributed by atoms with van der Waals surface area (Å²) in [5.74, 6) is -2.26. The van der Waals surface area contributed by atoms with Crippen LogP contribution >= 0.6 is 0 Å². The van der Waals surface area contributed by atoms with Crippen molar-refractivity contribution < 1.29 is 19.6 Å². The molecule has 1 aliphatic carbocycles. The number of rotatable bonds is 5. The van der Waals surface area contributed by atoms with Crippen LogP contribution in [0.4, 0.5) is 5.69 Å². The van der Waals surface area contributed by atoms with E-state index in [0.29, 0.717) is 6.42 Å². The molecule has 2 N–H and O–H groups in total. The van der Waals surface area contributed by atoms with Crippen LogP contribution < -0.4 is 5.32 Å². The predicted molar refractivity (Wildman–Crippen MR) is 64.2 cm³/mol. The lowest BCUT2D eigenvalue weighted by Crippen LogP contribution is -2.25. The van der Waals surface area contributed by atoms with E-state index >= 15 is 0 Å². The van der Waals surface area contributed by atoms with Crippen molar-refractivity contribution in [1.29, 1.82) is 0 Å². The van der Waals surface area contributed by atoms with Gasteiger partial charge in [0, 0.05) is 18.7 Å². The first kappa shape index (κ1) is 13.0. The van der Waals surface area contributed by atoms with Crippen molar-refractivity contribution in [3.8, 4) is 0 Å². The number of carbonyl (C=O) groups is 2. The highest BCUT2D eigenvalue weighted by molar-refractivity contribution is 5.89. The summed E-state index contributed by atoms with van der Waals surface area (Å²) in [5.41, 5.74) is 0.717. The zero-order chi connectivity index (χ0) is 14.0. The summed E-state index contributed by atoms with van der Waals surface area (Å²) in [5, 5.41) is 21.8. The van der Waals surface area contributed by atoms with Gasteiger partial charge in [-0.3, -0.25) is 19.7 Å². The number of carboxylic acid groups (broad SMARTS) is 1. The number of carbonyl (C=O) groups excluding carboxylic acids is 1. The summed E-state index contributed by atoms with van der Waals surface area (Å²) >= 11 is 0. The van der Waals surface area contributed by atoms with Crippen molar-refractivity contribution >= 4 is 17.6 Å². The second kappa shape index (κ2) is 5.05. The number of nitro groups is 1. The lowest BCUT2D eigenvalue weighted by atomic mass is 10.2. The van der Waals surface area contributed by atoms with Gasteiger partial charge in [0.25, 0.3) is 5.69 Å². The predicted octanol–water partition coefficient (Wildman–Crippen LogP) is 0.932. The summed E-state index contributed by atoms with van der Waals surface area (Å²) < 4.78 is 0. The monoisotopic (exact) mass is 264 g/mol. The number of carboxylic acids is 1. The first-order valence-corrected chi connectivity index (χ1v) is 5.73. The van der Waals surface area contributed by atoms with Crippen LogP contribution in [-0.2, 0) is 16.1 Å². The SMILES string of the molecule is O=C(O)C1CC1C(=O)NCc1ccc([N+](=O)[O-])cc1. The van der Waals surface area contributed by atoms with Gasteiger partial charge in [0.05, 0.1) is 16.8 Å².